The van der Waals surface area contributed by atoms with Gasteiger partial charge in [-0.25, -0.2) is 4.39 Å². The standard InChI is InChI=1S/C13H20FNO/c1-3-13(15-9-8-10(2)16)11-6-4-5-7-12(11)14/h4-7,10,13,15-16H,3,8-9H2,1-2H3. The van der Waals surface area contributed by atoms with Crippen LogP contribution in [0.5, 0.6) is 0 Å². The number of aliphatic hydroxyl groups is 1. The molecule has 2 unspecified atom stereocenters. The van der Waals surface area contributed by atoms with Gasteiger partial charge in [-0.15, -0.1) is 0 Å². The van der Waals surface area contributed by atoms with Gasteiger partial charge in [-0.1, -0.05) is 25.1 Å². The Morgan fingerprint density at radius 3 is 2.62 bits per heavy atom. The molecule has 0 bridgehead atoms. The zero-order valence-electron chi connectivity index (χ0n) is 9.91. The Labute approximate surface area is 96.5 Å². The summed E-state index contributed by atoms with van der Waals surface area (Å²) >= 11 is 0. The molecule has 0 saturated carbocycles. The minimum atomic E-state index is -0.314. The highest BCUT2D eigenvalue weighted by atomic mass is 19.1. The lowest BCUT2D eigenvalue weighted by molar-refractivity contribution is 0.182. The van der Waals surface area contributed by atoms with Crippen LogP contribution in [-0.2, 0) is 0 Å². The number of hydrogen-bond acceptors (Lipinski definition) is 2. The van der Waals surface area contributed by atoms with Crippen LogP contribution in [0.25, 0.3) is 0 Å². The Bertz CT molecular complexity index is 315. The lowest BCUT2D eigenvalue weighted by Crippen LogP contribution is -2.24. The maximum atomic E-state index is 13.5. The van der Waals surface area contributed by atoms with Crippen LogP contribution in [-0.4, -0.2) is 17.8 Å². The smallest absolute Gasteiger partial charge is 0.127 e. The second-order valence-electron chi connectivity index (χ2n) is 4.07. The van der Waals surface area contributed by atoms with Gasteiger partial charge < -0.3 is 10.4 Å². The molecule has 2 atom stereocenters. The maximum absolute atomic E-state index is 13.5. The van der Waals surface area contributed by atoms with Crippen molar-refractivity contribution in [1.82, 2.24) is 5.32 Å². The third-order valence-corrected chi connectivity index (χ3v) is 2.64. The molecule has 0 radical (unpaired) electrons. The van der Waals surface area contributed by atoms with E-state index in [4.69, 9.17) is 5.11 Å². The topological polar surface area (TPSA) is 32.3 Å². The molecule has 3 heteroatoms. The van der Waals surface area contributed by atoms with E-state index < -0.39 is 0 Å². The number of halogens is 1. The summed E-state index contributed by atoms with van der Waals surface area (Å²) < 4.78 is 13.5. The first-order valence-corrected chi connectivity index (χ1v) is 5.81. The van der Waals surface area contributed by atoms with E-state index in [9.17, 15) is 4.39 Å². The molecule has 0 fully saturated rings. The zero-order valence-corrected chi connectivity index (χ0v) is 9.91. The predicted molar refractivity (Wildman–Crippen MR) is 63.7 cm³/mol. The van der Waals surface area contributed by atoms with E-state index >= 15 is 0 Å². The monoisotopic (exact) mass is 225 g/mol. The van der Waals surface area contributed by atoms with Gasteiger partial charge >= 0.3 is 0 Å². The number of benzene rings is 1. The van der Waals surface area contributed by atoms with Gasteiger partial charge in [0.25, 0.3) is 0 Å². The molecule has 0 heterocycles. The third kappa shape index (κ3) is 3.91. The fourth-order valence-electron chi connectivity index (χ4n) is 1.70. The highest BCUT2D eigenvalue weighted by Gasteiger charge is 2.12. The van der Waals surface area contributed by atoms with Crippen molar-refractivity contribution in [2.24, 2.45) is 0 Å². The molecule has 90 valence electrons. The van der Waals surface area contributed by atoms with Crippen LogP contribution in [0.1, 0.15) is 38.3 Å². The normalized spacial score (nSPS) is 14.8. The highest BCUT2D eigenvalue weighted by Crippen LogP contribution is 2.19. The van der Waals surface area contributed by atoms with Gasteiger partial charge in [-0.05, 0) is 32.4 Å². The number of rotatable bonds is 6. The largest absolute Gasteiger partial charge is 0.393 e. The van der Waals surface area contributed by atoms with Gasteiger partial charge in [0.05, 0.1) is 6.10 Å². The Morgan fingerprint density at radius 1 is 1.38 bits per heavy atom. The van der Waals surface area contributed by atoms with Crippen LogP contribution in [0.15, 0.2) is 24.3 Å². The predicted octanol–water partition coefficient (Wildman–Crippen LogP) is 2.64. The number of hydrogen-bond donors (Lipinski definition) is 2. The van der Waals surface area contributed by atoms with Crippen LogP contribution in [0, 0.1) is 5.82 Å². The van der Waals surface area contributed by atoms with E-state index in [2.05, 4.69) is 5.32 Å². The molecule has 2 N–H and O–H groups in total. The first-order valence-electron chi connectivity index (χ1n) is 5.81. The molecule has 0 aliphatic carbocycles. The second-order valence-corrected chi connectivity index (χ2v) is 4.07. The summed E-state index contributed by atoms with van der Waals surface area (Å²) in [6, 6.07) is 6.85. The first kappa shape index (κ1) is 13.1. The second kappa shape index (κ2) is 6.61. The van der Waals surface area contributed by atoms with Crippen molar-refractivity contribution >= 4 is 0 Å². The first-order chi connectivity index (χ1) is 7.65. The van der Waals surface area contributed by atoms with Crippen LogP contribution in [0.2, 0.25) is 0 Å². The molecule has 0 spiro atoms. The zero-order chi connectivity index (χ0) is 12.0. The molecule has 0 aliphatic rings. The van der Waals surface area contributed by atoms with E-state index in [1.165, 1.54) is 6.07 Å². The molecule has 1 rings (SSSR count). The third-order valence-electron chi connectivity index (χ3n) is 2.64. The van der Waals surface area contributed by atoms with Crippen molar-refractivity contribution in [3.05, 3.63) is 35.6 Å². The molecule has 0 aromatic heterocycles. The molecule has 1 aromatic rings. The fourth-order valence-corrected chi connectivity index (χ4v) is 1.70. The number of aliphatic hydroxyl groups excluding tert-OH is 1. The average Bonchev–Trinajstić information content (AvgIpc) is 2.25. The summed E-state index contributed by atoms with van der Waals surface area (Å²) in [5, 5.41) is 12.4. The molecule has 0 amide bonds. The van der Waals surface area contributed by atoms with Gasteiger partial charge in [0.2, 0.25) is 0 Å². The minimum Gasteiger partial charge on any atom is -0.393 e. The molecule has 0 aliphatic heterocycles. The van der Waals surface area contributed by atoms with Gasteiger partial charge in [0.1, 0.15) is 5.82 Å². The van der Waals surface area contributed by atoms with Crippen molar-refractivity contribution in [3.8, 4) is 0 Å². The van der Waals surface area contributed by atoms with Gasteiger partial charge in [-0.3, -0.25) is 0 Å². The maximum Gasteiger partial charge on any atom is 0.127 e. The molecular formula is C13H20FNO. The average molecular weight is 225 g/mol. The summed E-state index contributed by atoms with van der Waals surface area (Å²) in [6.07, 6.45) is 1.21. The minimum absolute atomic E-state index is 0.0277. The Morgan fingerprint density at radius 2 is 2.06 bits per heavy atom. The summed E-state index contributed by atoms with van der Waals surface area (Å²) in [4.78, 5) is 0. The highest BCUT2D eigenvalue weighted by molar-refractivity contribution is 5.20. The SMILES string of the molecule is CCC(NCCC(C)O)c1ccccc1F. The van der Waals surface area contributed by atoms with E-state index in [0.29, 0.717) is 18.5 Å². The van der Waals surface area contributed by atoms with Crippen molar-refractivity contribution in [2.75, 3.05) is 6.54 Å². The molecular weight excluding hydrogens is 205 g/mol. The quantitative estimate of drug-likeness (QED) is 0.780. The van der Waals surface area contributed by atoms with Crippen LogP contribution >= 0.6 is 0 Å². The van der Waals surface area contributed by atoms with Crippen molar-refractivity contribution < 1.29 is 9.50 Å². The van der Waals surface area contributed by atoms with Gasteiger partial charge in [0.15, 0.2) is 0 Å². The van der Waals surface area contributed by atoms with Gasteiger partial charge in [-0.2, -0.15) is 0 Å². The van der Waals surface area contributed by atoms with E-state index in [-0.39, 0.29) is 18.0 Å². The Kier molecular flexibility index (Phi) is 5.43. The summed E-state index contributed by atoms with van der Waals surface area (Å²) in [5.74, 6) is -0.168. The Balaban J connectivity index is 2.57. The summed E-state index contributed by atoms with van der Waals surface area (Å²) in [6.45, 7) is 4.47. The molecule has 2 nitrogen and oxygen atoms in total. The number of nitrogens with one attached hydrogen (secondary N) is 1. The van der Waals surface area contributed by atoms with Crippen molar-refractivity contribution in [3.63, 3.8) is 0 Å². The van der Waals surface area contributed by atoms with Crippen molar-refractivity contribution in [2.45, 2.75) is 38.8 Å². The van der Waals surface area contributed by atoms with Gasteiger partial charge in [0, 0.05) is 11.6 Å². The molecule has 1 aromatic carbocycles. The Hall–Kier alpha value is -0.930. The summed E-state index contributed by atoms with van der Waals surface area (Å²) in [7, 11) is 0. The molecule has 16 heavy (non-hydrogen) atoms. The van der Waals surface area contributed by atoms with E-state index in [1.807, 2.05) is 13.0 Å². The van der Waals surface area contributed by atoms with E-state index in [0.717, 1.165) is 6.42 Å². The fraction of sp³-hybridized carbons (Fsp3) is 0.538. The molecule has 0 saturated heterocycles. The van der Waals surface area contributed by atoms with E-state index in [1.54, 1.807) is 19.1 Å². The lowest BCUT2D eigenvalue weighted by Gasteiger charge is -2.18. The lowest BCUT2D eigenvalue weighted by atomic mass is 10.0. The van der Waals surface area contributed by atoms with Crippen molar-refractivity contribution in [1.29, 1.82) is 0 Å². The van der Waals surface area contributed by atoms with Crippen LogP contribution in [0.3, 0.4) is 0 Å². The van der Waals surface area contributed by atoms with Crippen LogP contribution < -0.4 is 5.32 Å². The van der Waals surface area contributed by atoms with Crippen LogP contribution in [0.4, 0.5) is 4.39 Å². The summed E-state index contributed by atoms with van der Waals surface area (Å²) in [5.41, 5.74) is 0.704.